The lowest BCUT2D eigenvalue weighted by atomic mass is 10.1. The number of hydrogen-bond donors (Lipinski definition) is 0. The molecule has 1 aromatic carbocycles. The van der Waals surface area contributed by atoms with Gasteiger partial charge in [-0.15, -0.1) is 28.3 Å². The van der Waals surface area contributed by atoms with Crippen LogP contribution in [0.15, 0.2) is 30.5 Å². The van der Waals surface area contributed by atoms with Crippen molar-refractivity contribution in [2.45, 2.75) is 13.8 Å². The molecule has 74 valence electrons. The number of aryl methyl sites for hydroxylation is 2. The van der Waals surface area contributed by atoms with Gasteiger partial charge in [0.2, 0.25) is 0 Å². The van der Waals surface area contributed by atoms with Crippen LogP contribution in [0.2, 0.25) is 0 Å². The standard InChI is InChI=1S/C11H11NS.BrH/c1-8-3-5-10(6-4-8)11-7-12-9(2)13-11;/h3-7H,1-2H3;1H. The van der Waals surface area contributed by atoms with Crippen molar-refractivity contribution in [2.24, 2.45) is 0 Å². The molecule has 0 aliphatic rings. The van der Waals surface area contributed by atoms with Crippen LogP contribution in [0.25, 0.3) is 10.4 Å². The molecule has 0 fully saturated rings. The van der Waals surface area contributed by atoms with Crippen molar-refractivity contribution in [1.29, 1.82) is 0 Å². The van der Waals surface area contributed by atoms with Gasteiger partial charge in [-0.2, -0.15) is 0 Å². The van der Waals surface area contributed by atoms with E-state index in [1.54, 1.807) is 11.3 Å². The van der Waals surface area contributed by atoms with E-state index in [1.807, 2.05) is 13.1 Å². The fourth-order valence-electron chi connectivity index (χ4n) is 1.21. The van der Waals surface area contributed by atoms with E-state index < -0.39 is 0 Å². The number of aromatic nitrogens is 1. The molecule has 3 heteroatoms. The molecule has 1 aromatic heterocycles. The Kier molecular flexibility index (Phi) is 3.84. The fraction of sp³-hybridized carbons (Fsp3) is 0.182. The molecule has 1 heterocycles. The predicted molar refractivity (Wildman–Crippen MR) is 67.3 cm³/mol. The lowest BCUT2D eigenvalue weighted by Crippen LogP contribution is -1.73. The van der Waals surface area contributed by atoms with E-state index in [2.05, 4.69) is 36.2 Å². The Morgan fingerprint density at radius 2 is 1.71 bits per heavy atom. The maximum Gasteiger partial charge on any atom is 0.0900 e. The third-order valence-electron chi connectivity index (χ3n) is 1.96. The van der Waals surface area contributed by atoms with Crippen LogP contribution in [0.5, 0.6) is 0 Å². The number of halogens is 1. The van der Waals surface area contributed by atoms with Gasteiger partial charge >= 0.3 is 0 Å². The highest BCUT2D eigenvalue weighted by Gasteiger charge is 2.00. The van der Waals surface area contributed by atoms with Crippen molar-refractivity contribution in [3.05, 3.63) is 41.0 Å². The van der Waals surface area contributed by atoms with Crippen LogP contribution < -0.4 is 0 Å². The molecule has 0 bridgehead atoms. The van der Waals surface area contributed by atoms with Crippen molar-refractivity contribution < 1.29 is 0 Å². The van der Waals surface area contributed by atoms with E-state index in [0.717, 1.165) is 5.01 Å². The molecule has 2 rings (SSSR count). The van der Waals surface area contributed by atoms with Crippen LogP contribution in [-0.2, 0) is 0 Å². The Morgan fingerprint density at radius 1 is 1.07 bits per heavy atom. The van der Waals surface area contributed by atoms with Crippen molar-refractivity contribution in [3.63, 3.8) is 0 Å². The summed E-state index contributed by atoms with van der Waals surface area (Å²) >= 11 is 1.74. The average molecular weight is 270 g/mol. The quantitative estimate of drug-likeness (QED) is 0.763. The predicted octanol–water partition coefficient (Wildman–Crippen LogP) is 4.00. The second-order valence-corrected chi connectivity index (χ2v) is 4.34. The van der Waals surface area contributed by atoms with E-state index in [0.29, 0.717) is 0 Å². The molecule has 0 saturated carbocycles. The average Bonchev–Trinajstić information content (AvgIpc) is 2.53. The van der Waals surface area contributed by atoms with Crippen molar-refractivity contribution >= 4 is 28.3 Å². The van der Waals surface area contributed by atoms with Gasteiger partial charge in [-0.25, -0.2) is 4.98 Å². The largest absolute Gasteiger partial charge is 0.249 e. The summed E-state index contributed by atoms with van der Waals surface area (Å²) in [6.45, 7) is 4.13. The van der Waals surface area contributed by atoms with Crippen LogP contribution in [-0.4, -0.2) is 4.98 Å². The van der Waals surface area contributed by atoms with Gasteiger partial charge in [0.25, 0.3) is 0 Å². The normalized spacial score (nSPS) is 9.57. The first kappa shape index (κ1) is 11.4. The van der Waals surface area contributed by atoms with E-state index in [4.69, 9.17) is 0 Å². The minimum absolute atomic E-state index is 0. The second kappa shape index (κ2) is 4.71. The van der Waals surface area contributed by atoms with Crippen LogP contribution in [0.1, 0.15) is 10.6 Å². The Labute approximate surface area is 98.6 Å². The summed E-state index contributed by atoms with van der Waals surface area (Å²) in [7, 11) is 0. The highest BCUT2D eigenvalue weighted by Crippen LogP contribution is 2.25. The van der Waals surface area contributed by atoms with E-state index in [9.17, 15) is 0 Å². The van der Waals surface area contributed by atoms with Crippen molar-refractivity contribution in [2.75, 3.05) is 0 Å². The van der Waals surface area contributed by atoms with Gasteiger partial charge in [0.05, 0.1) is 9.88 Å². The zero-order valence-corrected chi connectivity index (χ0v) is 10.7. The molecule has 0 atom stereocenters. The molecule has 0 unspecified atom stereocenters. The number of rotatable bonds is 1. The van der Waals surface area contributed by atoms with E-state index >= 15 is 0 Å². The third kappa shape index (κ3) is 2.42. The summed E-state index contributed by atoms with van der Waals surface area (Å²) in [6.07, 6.45) is 1.94. The van der Waals surface area contributed by atoms with E-state index in [-0.39, 0.29) is 17.0 Å². The highest BCUT2D eigenvalue weighted by molar-refractivity contribution is 8.93. The Balaban J connectivity index is 0.000000980. The monoisotopic (exact) mass is 269 g/mol. The van der Waals surface area contributed by atoms with Gasteiger partial charge in [-0.05, 0) is 19.4 Å². The molecule has 0 N–H and O–H groups in total. The maximum absolute atomic E-state index is 4.23. The lowest BCUT2D eigenvalue weighted by molar-refractivity contribution is 1.30. The number of thiazole rings is 1. The lowest BCUT2D eigenvalue weighted by Gasteiger charge is -1.96. The van der Waals surface area contributed by atoms with Gasteiger partial charge in [0.15, 0.2) is 0 Å². The smallest absolute Gasteiger partial charge is 0.0900 e. The molecule has 0 saturated heterocycles. The minimum Gasteiger partial charge on any atom is -0.249 e. The fourth-order valence-corrected chi connectivity index (χ4v) is 2.00. The van der Waals surface area contributed by atoms with Gasteiger partial charge in [-0.3, -0.25) is 0 Å². The molecule has 14 heavy (non-hydrogen) atoms. The summed E-state index contributed by atoms with van der Waals surface area (Å²) in [4.78, 5) is 5.48. The zero-order valence-electron chi connectivity index (χ0n) is 8.15. The van der Waals surface area contributed by atoms with Gasteiger partial charge in [-0.1, -0.05) is 29.8 Å². The molecular formula is C11H12BrNS. The van der Waals surface area contributed by atoms with Crippen LogP contribution >= 0.6 is 28.3 Å². The number of hydrogen-bond acceptors (Lipinski definition) is 2. The molecule has 2 aromatic rings. The Morgan fingerprint density at radius 3 is 2.21 bits per heavy atom. The SMILES string of the molecule is Br.Cc1ccc(-c2cnc(C)s2)cc1. The maximum atomic E-state index is 4.23. The summed E-state index contributed by atoms with van der Waals surface area (Å²) in [6, 6.07) is 8.54. The summed E-state index contributed by atoms with van der Waals surface area (Å²) in [5, 5.41) is 1.12. The summed E-state index contributed by atoms with van der Waals surface area (Å²) in [5.74, 6) is 0. The van der Waals surface area contributed by atoms with Gasteiger partial charge in [0.1, 0.15) is 0 Å². The van der Waals surface area contributed by atoms with Crippen LogP contribution in [0, 0.1) is 13.8 Å². The highest BCUT2D eigenvalue weighted by atomic mass is 79.9. The molecule has 1 nitrogen and oxygen atoms in total. The van der Waals surface area contributed by atoms with Crippen molar-refractivity contribution in [3.8, 4) is 10.4 Å². The number of benzene rings is 1. The first-order valence-electron chi connectivity index (χ1n) is 4.25. The molecule has 0 radical (unpaired) electrons. The second-order valence-electron chi connectivity index (χ2n) is 3.11. The van der Waals surface area contributed by atoms with Gasteiger partial charge < -0.3 is 0 Å². The Hall–Kier alpha value is -0.670. The third-order valence-corrected chi connectivity index (χ3v) is 2.92. The van der Waals surface area contributed by atoms with E-state index in [1.165, 1.54) is 16.0 Å². The first-order valence-corrected chi connectivity index (χ1v) is 5.07. The van der Waals surface area contributed by atoms with Gasteiger partial charge in [0, 0.05) is 6.20 Å². The molecule has 0 spiro atoms. The number of nitrogens with zero attached hydrogens (tertiary/aromatic N) is 1. The van der Waals surface area contributed by atoms with Crippen LogP contribution in [0.4, 0.5) is 0 Å². The zero-order chi connectivity index (χ0) is 9.26. The topological polar surface area (TPSA) is 12.9 Å². The molecule has 0 aliphatic heterocycles. The summed E-state index contributed by atoms with van der Waals surface area (Å²) in [5.41, 5.74) is 2.56. The summed E-state index contributed by atoms with van der Waals surface area (Å²) < 4.78 is 0. The minimum atomic E-state index is 0. The first-order chi connectivity index (χ1) is 6.25. The van der Waals surface area contributed by atoms with Crippen LogP contribution in [0.3, 0.4) is 0 Å². The molecular weight excluding hydrogens is 258 g/mol. The molecule has 0 amide bonds. The van der Waals surface area contributed by atoms with Crippen molar-refractivity contribution in [1.82, 2.24) is 4.98 Å². The Bertz CT molecular complexity index is 405. The molecule has 0 aliphatic carbocycles.